The zero-order valence-corrected chi connectivity index (χ0v) is 13.4. The van der Waals surface area contributed by atoms with Crippen LogP contribution >= 0.6 is 0 Å². The summed E-state index contributed by atoms with van der Waals surface area (Å²) in [6, 6.07) is 14.9. The van der Waals surface area contributed by atoms with Crippen LogP contribution < -0.4 is 10.9 Å². The number of benzene rings is 2. The summed E-state index contributed by atoms with van der Waals surface area (Å²) in [4.78, 5) is 25.0. The highest BCUT2D eigenvalue weighted by atomic mass is 16.2. The molecule has 0 bridgehead atoms. The van der Waals surface area contributed by atoms with Gasteiger partial charge in [0.25, 0.3) is 11.5 Å². The average Bonchev–Trinajstić information content (AvgIpc) is 2.53. The van der Waals surface area contributed by atoms with Gasteiger partial charge in [0, 0.05) is 18.1 Å². The van der Waals surface area contributed by atoms with E-state index in [0.29, 0.717) is 16.8 Å². The van der Waals surface area contributed by atoms with Gasteiger partial charge in [0.15, 0.2) is 0 Å². The van der Waals surface area contributed by atoms with Crippen LogP contribution in [0.15, 0.2) is 53.3 Å². The van der Waals surface area contributed by atoms with Crippen molar-refractivity contribution in [2.45, 2.75) is 13.8 Å². The molecule has 1 aromatic heterocycles. The monoisotopic (exact) mass is 306 g/mol. The smallest absolute Gasteiger partial charge is 0.272 e. The van der Waals surface area contributed by atoms with Gasteiger partial charge in [0.05, 0.1) is 0 Å². The molecule has 4 nitrogen and oxygen atoms in total. The maximum atomic E-state index is 12.5. The largest absolute Gasteiger partial charge is 0.321 e. The predicted octanol–water partition coefficient (Wildman–Crippen LogP) is 3.41. The summed E-state index contributed by atoms with van der Waals surface area (Å²) in [6.07, 6.45) is 0. The fraction of sp³-hybridized carbons (Fsp3) is 0.158. The molecule has 23 heavy (non-hydrogen) atoms. The van der Waals surface area contributed by atoms with Crippen molar-refractivity contribution in [2.75, 3.05) is 5.32 Å². The molecule has 2 aromatic carbocycles. The van der Waals surface area contributed by atoms with E-state index in [1.165, 1.54) is 4.57 Å². The number of nitrogens with zero attached hydrogens (tertiary/aromatic N) is 1. The molecule has 0 fully saturated rings. The fourth-order valence-corrected chi connectivity index (χ4v) is 2.57. The second-order valence-electron chi connectivity index (χ2n) is 5.80. The molecule has 0 radical (unpaired) electrons. The Bertz CT molecular complexity index is 954. The Morgan fingerprint density at radius 3 is 2.30 bits per heavy atom. The first-order valence-corrected chi connectivity index (χ1v) is 7.44. The zero-order valence-electron chi connectivity index (χ0n) is 13.4. The Morgan fingerprint density at radius 1 is 0.957 bits per heavy atom. The normalized spacial score (nSPS) is 10.7. The molecule has 0 spiro atoms. The van der Waals surface area contributed by atoms with Crippen LogP contribution in [0.2, 0.25) is 0 Å². The van der Waals surface area contributed by atoms with Crippen molar-refractivity contribution >= 4 is 22.4 Å². The molecule has 0 aliphatic heterocycles. The molecule has 3 rings (SSSR count). The number of amides is 1. The van der Waals surface area contributed by atoms with Gasteiger partial charge >= 0.3 is 0 Å². The van der Waals surface area contributed by atoms with Gasteiger partial charge in [0.2, 0.25) is 0 Å². The molecule has 4 heteroatoms. The van der Waals surface area contributed by atoms with Crippen molar-refractivity contribution in [3.63, 3.8) is 0 Å². The average molecular weight is 306 g/mol. The summed E-state index contributed by atoms with van der Waals surface area (Å²) >= 11 is 0. The highest BCUT2D eigenvalue weighted by Gasteiger charge is 2.13. The second kappa shape index (κ2) is 5.72. The van der Waals surface area contributed by atoms with E-state index in [-0.39, 0.29) is 11.5 Å². The Hall–Kier alpha value is -2.88. The van der Waals surface area contributed by atoms with Gasteiger partial charge in [-0.2, -0.15) is 0 Å². The van der Waals surface area contributed by atoms with Crippen molar-refractivity contribution in [2.24, 2.45) is 7.05 Å². The van der Waals surface area contributed by atoms with E-state index < -0.39 is 0 Å². The standard InChI is InChI=1S/C19H18N2O2/c1-12-5-8-15(9-6-12)20-18(22)17-11-14-7-4-13(2)10-16(14)19(23)21(17)3/h4-11H,1-3H3,(H,20,22). The lowest BCUT2D eigenvalue weighted by Gasteiger charge is -2.11. The molecule has 116 valence electrons. The maximum Gasteiger partial charge on any atom is 0.272 e. The number of anilines is 1. The van der Waals surface area contributed by atoms with Crippen LogP contribution in [0.1, 0.15) is 21.6 Å². The number of hydrogen-bond donors (Lipinski definition) is 1. The Balaban J connectivity index is 2.03. The third-order valence-electron chi connectivity index (χ3n) is 3.94. The number of aromatic nitrogens is 1. The van der Waals surface area contributed by atoms with E-state index in [1.54, 1.807) is 13.1 Å². The van der Waals surface area contributed by atoms with Crippen LogP contribution in [-0.2, 0) is 7.05 Å². The van der Waals surface area contributed by atoms with Crippen LogP contribution in [0.5, 0.6) is 0 Å². The first-order valence-electron chi connectivity index (χ1n) is 7.44. The van der Waals surface area contributed by atoms with Gasteiger partial charge in [-0.1, -0.05) is 35.4 Å². The van der Waals surface area contributed by atoms with Gasteiger partial charge in [-0.25, -0.2) is 0 Å². The molecule has 0 saturated heterocycles. The molecular weight excluding hydrogens is 288 g/mol. The summed E-state index contributed by atoms with van der Waals surface area (Å²) in [5, 5.41) is 4.23. The summed E-state index contributed by atoms with van der Waals surface area (Å²) in [6.45, 7) is 3.93. The minimum absolute atomic E-state index is 0.166. The third kappa shape index (κ3) is 2.88. The number of aryl methyl sites for hydroxylation is 2. The fourth-order valence-electron chi connectivity index (χ4n) is 2.57. The summed E-state index contributed by atoms with van der Waals surface area (Å²) in [5.41, 5.74) is 3.02. The van der Waals surface area contributed by atoms with E-state index in [1.807, 2.05) is 56.3 Å². The van der Waals surface area contributed by atoms with Crippen LogP contribution in [0, 0.1) is 13.8 Å². The lowest BCUT2D eigenvalue weighted by Crippen LogP contribution is -2.26. The number of rotatable bonds is 2. The predicted molar refractivity (Wildman–Crippen MR) is 93.1 cm³/mol. The van der Waals surface area contributed by atoms with Gasteiger partial charge in [0.1, 0.15) is 5.69 Å². The molecule has 1 amide bonds. The van der Waals surface area contributed by atoms with E-state index in [9.17, 15) is 9.59 Å². The van der Waals surface area contributed by atoms with E-state index in [4.69, 9.17) is 0 Å². The molecule has 1 N–H and O–H groups in total. The first-order chi connectivity index (χ1) is 11.0. The lowest BCUT2D eigenvalue weighted by atomic mass is 10.1. The highest BCUT2D eigenvalue weighted by molar-refractivity contribution is 6.05. The van der Waals surface area contributed by atoms with Gasteiger partial charge in [-0.05, 0) is 43.5 Å². The highest BCUT2D eigenvalue weighted by Crippen LogP contribution is 2.16. The number of hydrogen-bond acceptors (Lipinski definition) is 2. The lowest BCUT2D eigenvalue weighted by molar-refractivity contribution is 0.101. The molecule has 1 heterocycles. The maximum absolute atomic E-state index is 12.5. The molecule has 0 unspecified atom stereocenters. The molecule has 0 aliphatic rings. The summed E-state index contributed by atoms with van der Waals surface area (Å²) in [7, 11) is 1.62. The van der Waals surface area contributed by atoms with Crippen molar-refractivity contribution in [1.29, 1.82) is 0 Å². The Labute approximate surface area is 134 Å². The van der Waals surface area contributed by atoms with Crippen LogP contribution in [-0.4, -0.2) is 10.5 Å². The Morgan fingerprint density at radius 2 is 1.61 bits per heavy atom. The number of nitrogens with one attached hydrogen (secondary N) is 1. The van der Waals surface area contributed by atoms with Crippen molar-refractivity contribution in [3.05, 3.63) is 75.7 Å². The number of pyridine rings is 1. The van der Waals surface area contributed by atoms with Gasteiger partial charge in [-0.15, -0.1) is 0 Å². The quantitative estimate of drug-likeness (QED) is 0.789. The van der Waals surface area contributed by atoms with Crippen molar-refractivity contribution in [1.82, 2.24) is 4.57 Å². The third-order valence-corrected chi connectivity index (χ3v) is 3.94. The number of carbonyl (C=O) groups is 1. The van der Waals surface area contributed by atoms with E-state index >= 15 is 0 Å². The first kappa shape index (κ1) is 15.0. The molecule has 3 aromatic rings. The zero-order chi connectivity index (χ0) is 16.6. The Kier molecular flexibility index (Phi) is 3.74. The van der Waals surface area contributed by atoms with Crippen LogP contribution in [0.4, 0.5) is 5.69 Å². The summed E-state index contributed by atoms with van der Waals surface area (Å²) in [5.74, 6) is -0.295. The molecular formula is C19H18N2O2. The topological polar surface area (TPSA) is 51.1 Å². The SMILES string of the molecule is Cc1ccc(NC(=O)c2cc3ccc(C)cc3c(=O)n2C)cc1. The molecule has 0 aliphatic carbocycles. The van der Waals surface area contributed by atoms with E-state index in [0.717, 1.165) is 16.5 Å². The number of carbonyl (C=O) groups excluding carboxylic acids is 1. The van der Waals surface area contributed by atoms with Gasteiger partial charge < -0.3 is 9.88 Å². The molecule has 0 atom stereocenters. The second-order valence-corrected chi connectivity index (χ2v) is 5.80. The minimum atomic E-state index is -0.295. The minimum Gasteiger partial charge on any atom is -0.321 e. The molecule has 0 saturated carbocycles. The summed E-state index contributed by atoms with van der Waals surface area (Å²) < 4.78 is 1.39. The number of fused-ring (bicyclic) bond motifs is 1. The van der Waals surface area contributed by atoms with E-state index in [2.05, 4.69) is 5.32 Å². The van der Waals surface area contributed by atoms with Crippen LogP contribution in [0.25, 0.3) is 10.8 Å². The van der Waals surface area contributed by atoms with Gasteiger partial charge in [-0.3, -0.25) is 9.59 Å². The van der Waals surface area contributed by atoms with Crippen molar-refractivity contribution < 1.29 is 4.79 Å². The van der Waals surface area contributed by atoms with Crippen LogP contribution in [0.3, 0.4) is 0 Å². The van der Waals surface area contributed by atoms with Crippen molar-refractivity contribution in [3.8, 4) is 0 Å².